The maximum absolute atomic E-state index is 11.8. The number of rotatable bonds is 4. The Hall–Kier alpha value is -2.00. The fourth-order valence-electron chi connectivity index (χ4n) is 2.81. The number of carbonyl (C=O) groups excluding carboxylic acids is 1. The lowest BCUT2D eigenvalue weighted by Gasteiger charge is -2.06. The molecule has 22 heavy (non-hydrogen) atoms. The SMILES string of the molecule is N#CCSCC(=O)Nc1ccc2c(c1)nc1n2CCCCC1. The van der Waals surface area contributed by atoms with Gasteiger partial charge in [0, 0.05) is 18.7 Å². The molecule has 0 fully saturated rings. The third-order valence-electron chi connectivity index (χ3n) is 3.79. The normalized spacial score (nSPS) is 14.1. The Morgan fingerprint density at radius 1 is 1.41 bits per heavy atom. The lowest BCUT2D eigenvalue weighted by molar-refractivity contribution is -0.113. The summed E-state index contributed by atoms with van der Waals surface area (Å²) in [5.74, 6) is 1.70. The second-order valence-electron chi connectivity index (χ2n) is 5.39. The Kier molecular flexibility index (Phi) is 4.64. The van der Waals surface area contributed by atoms with Gasteiger partial charge in [0.2, 0.25) is 5.91 Å². The Balaban J connectivity index is 1.76. The predicted molar refractivity (Wildman–Crippen MR) is 88.9 cm³/mol. The number of amides is 1. The molecule has 0 unspecified atom stereocenters. The molecule has 0 atom stereocenters. The van der Waals surface area contributed by atoms with Gasteiger partial charge in [0.1, 0.15) is 5.82 Å². The smallest absolute Gasteiger partial charge is 0.234 e. The van der Waals surface area contributed by atoms with Crippen LogP contribution >= 0.6 is 11.8 Å². The van der Waals surface area contributed by atoms with E-state index in [9.17, 15) is 4.79 Å². The molecular weight excluding hydrogens is 296 g/mol. The first-order valence-corrected chi connectivity index (χ1v) is 8.67. The molecule has 0 aliphatic carbocycles. The highest BCUT2D eigenvalue weighted by Crippen LogP contribution is 2.24. The van der Waals surface area contributed by atoms with Crippen LogP contribution in [0.5, 0.6) is 0 Å². The van der Waals surface area contributed by atoms with E-state index in [2.05, 4.69) is 9.88 Å². The second kappa shape index (κ2) is 6.84. The van der Waals surface area contributed by atoms with Crippen molar-refractivity contribution in [1.29, 1.82) is 5.26 Å². The number of hydrogen-bond donors (Lipinski definition) is 1. The van der Waals surface area contributed by atoms with E-state index in [-0.39, 0.29) is 5.91 Å². The molecule has 1 aromatic heterocycles. The minimum atomic E-state index is -0.0830. The molecule has 1 amide bonds. The van der Waals surface area contributed by atoms with E-state index in [1.807, 2.05) is 24.3 Å². The summed E-state index contributed by atoms with van der Waals surface area (Å²) in [6.45, 7) is 1.03. The van der Waals surface area contributed by atoms with Gasteiger partial charge in [-0.15, -0.1) is 11.8 Å². The van der Waals surface area contributed by atoms with Crippen LogP contribution in [0, 0.1) is 11.3 Å². The minimum Gasteiger partial charge on any atom is -0.328 e. The van der Waals surface area contributed by atoms with Crippen molar-refractivity contribution >= 4 is 34.4 Å². The maximum Gasteiger partial charge on any atom is 0.234 e. The van der Waals surface area contributed by atoms with Crippen molar-refractivity contribution in [1.82, 2.24) is 9.55 Å². The van der Waals surface area contributed by atoms with Crippen molar-refractivity contribution < 1.29 is 4.79 Å². The first kappa shape index (κ1) is 14.9. The fourth-order valence-corrected chi connectivity index (χ4v) is 3.26. The number of fused-ring (bicyclic) bond motifs is 3. The van der Waals surface area contributed by atoms with E-state index < -0.39 is 0 Å². The molecule has 114 valence electrons. The van der Waals surface area contributed by atoms with Crippen LogP contribution in [0.2, 0.25) is 0 Å². The van der Waals surface area contributed by atoms with Crippen molar-refractivity contribution in [2.75, 3.05) is 16.8 Å². The zero-order valence-electron chi connectivity index (χ0n) is 12.3. The first-order valence-electron chi connectivity index (χ1n) is 7.51. The van der Waals surface area contributed by atoms with E-state index >= 15 is 0 Å². The number of anilines is 1. The number of nitrogens with one attached hydrogen (secondary N) is 1. The largest absolute Gasteiger partial charge is 0.328 e. The molecule has 0 radical (unpaired) electrons. The molecule has 0 bridgehead atoms. The molecule has 2 heterocycles. The monoisotopic (exact) mass is 314 g/mol. The fraction of sp³-hybridized carbons (Fsp3) is 0.438. The van der Waals surface area contributed by atoms with Crippen LogP contribution in [-0.2, 0) is 17.8 Å². The summed E-state index contributed by atoms with van der Waals surface area (Å²) in [6.07, 6.45) is 4.69. The Labute approximate surface area is 133 Å². The second-order valence-corrected chi connectivity index (χ2v) is 6.38. The summed E-state index contributed by atoms with van der Waals surface area (Å²) >= 11 is 1.32. The van der Waals surface area contributed by atoms with Gasteiger partial charge in [-0.1, -0.05) is 6.42 Å². The quantitative estimate of drug-likeness (QED) is 0.881. The van der Waals surface area contributed by atoms with Crippen molar-refractivity contribution in [3.05, 3.63) is 24.0 Å². The van der Waals surface area contributed by atoms with Crippen LogP contribution in [-0.4, -0.2) is 27.0 Å². The molecule has 6 heteroatoms. The number of thioether (sulfide) groups is 1. The lowest BCUT2D eigenvalue weighted by Crippen LogP contribution is -2.14. The average molecular weight is 314 g/mol. The predicted octanol–water partition coefficient (Wildman–Crippen LogP) is 2.96. The zero-order valence-corrected chi connectivity index (χ0v) is 13.2. The van der Waals surface area contributed by atoms with Gasteiger partial charge in [-0.25, -0.2) is 4.98 Å². The Morgan fingerprint density at radius 3 is 3.18 bits per heavy atom. The van der Waals surface area contributed by atoms with Crippen molar-refractivity contribution in [3.63, 3.8) is 0 Å². The summed E-state index contributed by atoms with van der Waals surface area (Å²) in [5.41, 5.74) is 2.86. The van der Waals surface area contributed by atoms with Gasteiger partial charge in [-0.2, -0.15) is 5.26 Å². The first-order chi connectivity index (χ1) is 10.8. The third kappa shape index (κ3) is 3.25. The molecule has 1 aliphatic heterocycles. The summed E-state index contributed by atoms with van der Waals surface area (Å²) < 4.78 is 2.30. The van der Waals surface area contributed by atoms with Gasteiger partial charge in [-0.3, -0.25) is 4.79 Å². The number of hydrogen-bond acceptors (Lipinski definition) is 4. The number of benzene rings is 1. The van der Waals surface area contributed by atoms with Gasteiger partial charge >= 0.3 is 0 Å². The highest BCUT2D eigenvalue weighted by Gasteiger charge is 2.14. The number of nitrogens with zero attached hydrogens (tertiary/aromatic N) is 3. The Morgan fingerprint density at radius 2 is 2.32 bits per heavy atom. The highest BCUT2D eigenvalue weighted by molar-refractivity contribution is 8.00. The summed E-state index contributed by atoms with van der Waals surface area (Å²) in [7, 11) is 0. The average Bonchev–Trinajstić information content (AvgIpc) is 2.68. The van der Waals surface area contributed by atoms with Crippen LogP contribution < -0.4 is 5.32 Å². The van der Waals surface area contributed by atoms with Gasteiger partial charge in [0.05, 0.1) is 28.6 Å². The van der Waals surface area contributed by atoms with Crippen LogP contribution in [0.3, 0.4) is 0 Å². The molecule has 0 saturated heterocycles. The minimum absolute atomic E-state index is 0.0830. The number of carbonyl (C=O) groups is 1. The molecule has 2 aromatic rings. The van der Waals surface area contributed by atoms with E-state index in [0.717, 1.165) is 35.5 Å². The molecule has 1 aromatic carbocycles. The molecule has 0 saturated carbocycles. The molecule has 1 N–H and O–H groups in total. The van der Waals surface area contributed by atoms with Crippen molar-refractivity contribution in [2.24, 2.45) is 0 Å². The van der Waals surface area contributed by atoms with Gasteiger partial charge in [-0.05, 0) is 31.0 Å². The Bertz CT molecular complexity index is 732. The maximum atomic E-state index is 11.8. The van der Waals surface area contributed by atoms with E-state index in [0.29, 0.717) is 11.5 Å². The molecule has 0 spiro atoms. The zero-order chi connectivity index (χ0) is 15.4. The molecule has 3 rings (SSSR count). The third-order valence-corrected chi connectivity index (χ3v) is 4.59. The molecule has 1 aliphatic rings. The van der Waals surface area contributed by atoms with E-state index in [1.165, 1.54) is 31.0 Å². The van der Waals surface area contributed by atoms with Crippen LogP contribution in [0.15, 0.2) is 18.2 Å². The number of imidazole rings is 1. The van der Waals surface area contributed by atoms with Crippen LogP contribution in [0.25, 0.3) is 11.0 Å². The number of aromatic nitrogens is 2. The number of aryl methyl sites for hydroxylation is 2. The molecular formula is C16H18N4OS. The van der Waals surface area contributed by atoms with Crippen molar-refractivity contribution in [2.45, 2.75) is 32.2 Å². The summed E-state index contributed by atoms with van der Waals surface area (Å²) in [5, 5.41) is 11.3. The number of nitriles is 1. The standard InChI is InChI=1S/C16H18N4OS/c17-7-9-22-11-16(21)18-12-5-6-14-13(10-12)19-15-4-2-1-3-8-20(14)15/h5-6,10H,1-4,8-9,11H2,(H,18,21). The lowest BCUT2D eigenvalue weighted by atomic mass is 10.2. The highest BCUT2D eigenvalue weighted by atomic mass is 32.2. The summed E-state index contributed by atoms with van der Waals surface area (Å²) in [6, 6.07) is 7.91. The van der Waals surface area contributed by atoms with Crippen LogP contribution in [0.4, 0.5) is 5.69 Å². The van der Waals surface area contributed by atoms with Gasteiger partial charge in [0.15, 0.2) is 0 Å². The van der Waals surface area contributed by atoms with Crippen LogP contribution in [0.1, 0.15) is 25.1 Å². The van der Waals surface area contributed by atoms with Gasteiger partial charge in [0.25, 0.3) is 0 Å². The van der Waals surface area contributed by atoms with E-state index in [1.54, 1.807) is 0 Å². The van der Waals surface area contributed by atoms with Crippen molar-refractivity contribution in [3.8, 4) is 6.07 Å². The van der Waals surface area contributed by atoms with E-state index in [4.69, 9.17) is 10.2 Å². The van der Waals surface area contributed by atoms with Gasteiger partial charge < -0.3 is 9.88 Å². The summed E-state index contributed by atoms with van der Waals surface area (Å²) in [4.78, 5) is 16.5. The molecule has 5 nitrogen and oxygen atoms in total. The topological polar surface area (TPSA) is 70.7 Å².